The van der Waals surface area contributed by atoms with Gasteiger partial charge in [0.1, 0.15) is 17.3 Å². The van der Waals surface area contributed by atoms with Crippen LogP contribution in [-0.2, 0) is 9.59 Å². The molecule has 35 heavy (non-hydrogen) atoms. The lowest BCUT2D eigenvalue weighted by atomic mass is 9.94. The Morgan fingerprint density at radius 1 is 1.03 bits per heavy atom. The predicted molar refractivity (Wildman–Crippen MR) is 136 cm³/mol. The largest absolute Gasteiger partial charge is 0.507 e. The number of carbonyl (C=O) groups is 2. The van der Waals surface area contributed by atoms with Crippen LogP contribution in [0.15, 0.2) is 66.2 Å². The number of ether oxygens (including phenoxy) is 2. The molecule has 1 heterocycles. The van der Waals surface area contributed by atoms with Crippen LogP contribution in [0.5, 0.6) is 11.5 Å². The summed E-state index contributed by atoms with van der Waals surface area (Å²) in [5.74, 6) is -0.860. The molecule has 3 aromatic rings. The van der Waals surface area contributed by atoms with Crippen molar-refractivity contribution in [2.24, 2.45) is 0 Å². The van der Waals surface area contributed by atoms with Gasteiger partial charge in [0.25, 0.3) is 11.7 Å². The Morgan fingerprint density at radius 3 is 2.49 bits per heavy atom. The van der Waals surface area contributed by atoms with Crippen molar-refractivity contribution >= 4 is 34.7 Å². The number of rotatable bonds is 6. The van der Waals surface area contributed by atoms with E-state index in [1.807, 2.05) is 32.9 Å². The zero-order valence-corrected chi connectivity index (χ0v) is 20.7. The van der Waals surface area contributed by atoms with E-state index in [0.29, 0.717) is 39.9 Å². The Labute approximate surface area is 209 Å². The minimum absolute atomic E-state index is 0.0220. The molecule has 0 saturated carbocycles. The average molecular weight is 492 g/mol. The third-order valence-electron chi connectivity index (χ3n) is 6.13. The van der Waals surface area contributed by atoms with Crippen molar-refractivity contribution in [1.29, 1.82) is 0 Å². The van der Waals surface area contributed by atoms with Crippen LogP contribution in [0, 0.1) is 13.8 Å². The van der Waals surface area contributed by atoms with Gasteiger partial charge in [0, 0.05) is 11.3 Å². The van der Waals surface area contributed by atoms with Gasteiger partial charge in [-0.25, -0.2) is 0 Å². The molecule has 3 aromatic carbocycles. The number of aryl methyl sites for hydroxylation is 2. The molecule has 1 aliphatic rings. The molecule has 1 atom stereocenters. The van der Waals surface area contributed by atoms with Crippen molar-refractivity contribution in [2.45, 2.75) is 26.8 Å². The van der Waals surface area contributed by atoms with Gasteiger partial charge in [-0.1, -0.05) is 29.8 Å². The third-order valence-corrected chi connectivity index (χ3v) is 6.44. The third kappa shape index (κ3) is 4.49. The van der Waals surface area contributed by atoms with Crippen LogP contribution in [0.1, 0.15) is 35.2 Å². The molecule has 1 N–H and O–H groups in total. The number of halogens is 1. The number of aliphatic hydroxyl groups is 1. The highest BCUT2D eigenvalue weighted by Crippen LogP contribution is 2.43. The highest BCUT2D eigenvalue weighted by Gasteiger charge is 2.47. The van der Waals surface area contributed by atoms with E-state index < -0.39 is 17.7 Å². The van der Waals surface area contributed by atoms with Gasteiger partial charge >= 0.3 is 0 Å². The van der Waals surface area contributed by atoms with Crippen molar-refractivity contribution in [2.75, 3.05) is 18.6 Å². The summed E-state index contributed by atoms with van der Waals surface area (Å²) in [4.78, 5) is 28.2. The van der Waals surface area contributed by atoms with Gasteiger partial charge < -0.3 is 14.6 Å². The summed E-state index contributed by atoms with van der Waals surface area (Å²) in [6.45, 7) is 6.12. The van der Waals surface area contributed by atoms with Crippen LogP contribution in [-0.4, -0.2) is 30.5 Å². The number of benzene rings is 3. The van der Waals surface area contributed by atoms with E-state index >= 15 is 0 Å². The van der Waals surface area contributed by atoms with Crippen molar-refractivity contribution in [3.05, 3.63) is 93.5 Å². The molecule has 1 amide bonds. The predicted octanol–water partition coefficient (Wildman–Crippen LogP) is 5.99. The molecule has 0 aromatic heterocycles. The standard InChI is InChI=1S/C28H26ClNO5/c1-5-35-23-15-19(10-12-22(23)29)26(31)24-25(18-7-6-8-21(14-18)34-4)30(28(33)27(24)32)20-11-9-16(2)17(3)13-20/h6-15,25,31H,5H2,1-4H3/b26-24+. The van der Waals surface area contributed by atoms with Crippen LogP contribution < -0.4 is 14.4 Å². The first-order valence-corrected chi connectivity index (χ1v) is 11.6. The van der Waals surface area contributed by atoms with E-state index in [1.54, 1.807) is 55.6 Å². The molecular formula is C28H26ClNO5. The van der Waals surface area contributed by atoms with E-state index in [-0.39, 0.29) is 11.3 Å². The number of nitrogens with zero attached hydrogens (tertiary/aromatic N) is 1. The van der Waals surface area contributed by atoms with Gasteiger partial charge in [-0.15, -0.1) is 0 Å². The maximum absolute atomic E-state index is 13.4. The fourth-order valence-corrected chi connectivity index (χ4v) is 4.35. The summed E-state index contributed by atoms with van der Waals surface area (Å²) < 4.78 is 10.9. The number of hydrogen-bond acceptors (Lipinski definition) is 5. The fourth-order valence-electron chi connectivity index (χ4n) is 4.17. The lowest BCUT2D eigenvalue weighted by molar-refractivity contribution is -0.132. The van der Waals surface area contributed by atoms with Gasteiger partial charge in [0.2, 0.25) is 0 Å². The Balaban J connectivity index is 1.95. The van der Waals surface area contributed by atoms with Crippen molar-refractivity contribution in [1.82, 2.24) is 0 Å². The number of amides is 1. The molecule has 6 nitrogen and oxygen atoms in total. The highest BCUT2D eigenvalue weighted by atomic mass is 35.5. The van der Waals surface area contributed by atoms with E-state index in [2.05, 4.69) is 0 Å². The lowest BCUT2D eigenvalue weighted by Gasteiger charge is -2.26. The minimum Gasteiger partial charge on any atom is -0.507 e. The van der Waals surface area contributed by atoms with E-state index in [1.165, 1.54) is 4.90 Å². The Kier molecular flexibility index (Phi) is 6.85. The van der Waals surface area contributed by atoms with Gasteiger partial charge in [-0.2, -0.15) is 0 Å². The fraction of sp³-hybridized carbons (Fsp3) is 0.214. The molecule has 0 spiro atoms. The van der Waals surface area contributed by atoms with Gasteiger partial charge in [-0.3, -0.25) is 14.5 Å². The summed E-state index contributed by atoms with van der Waals surface area (Å²) in [6, 6.07) is 16.6. The zero-order chi connectivity index (χ0) is 25.3. The van der Waals surface area contributed by atoms with Gasteiger partial charge in [-0.05, 0) is 79.9 Å². The molecule has 0 radical (unpaired) electrons. The summed E-state index contributed by atoms with van der Waals surface area (Å²) in [7, 11) is 1.54. The number of methoxy groups -OCH3 is 1. The number of Topliss-reactive ketones (excluding diaryl/α,β-unsaturated/α-hetero) is 1. The number of ketones is 1. The van der Waals surface area contributed by atoms with Crippen LogP contribution in [0.4, 0.5) is 5.69 Å². The summed E-state index contributed by atoms with van der Waals surface area (Å²) in [5, 5.41) is 11.7. The average Bonchev–Trinajstić information content (AvgIpc) is 3.12. The Bertz CT molecular complexity index is 1350. The SMILES string of the molecule is CCOc1cc(/C(O)=C2\C(=O)C(=O)N(c3ccc(C)c(C)c3)C2c2cccc(OC)c2)ccc1Cl. The van der Waals surface area contributed by atoms with Crippen LogP contribution in [0.2, 0.25) is 5.02 Å². The zero-order valence-electron chi connectivity index (χ0n) is 20.0. The monoisotopic (exact) mass is 491 g/mol. The number of hydrogen-bond donors (Lipinski definition) is 1. The second kappa shape index (κ2) is 9.84. The molecule has 0 bridgehead atoms. The van der Waals surface area contributed by atoms with Gasteiger partial charge in [0.15, 0.2) is 0 Å². The van der Waals surface area contributed by atoms with Crippen molar-refractivity contribution in [3.8, 4) is 11.5 Å². The molecule has 0 aliphatic carbocycles. The highest BCUT2D eigenvalue weighted by molar-refractivity contribution is 6.51. The maximum Gasteiger partial charge on any atom is 0.300 e. The van der Waals surface area contributed by atoms with E-state index in [9.17, 15) is 14.7 Å². The van der Waals surface area contributed by atoms with Crippen LogP contribution in [0.25, 0.3) is 5.76 Å². The number of anilines is 1. The molecule has 4 rings (SSSR count). The van der Waals surface area contributed by atoms with Crippen molar-refractivity contribution in [3.63, 3.8) is 0 Å². The van der Waals surface area contributed by atoms with Crippen LogP contribution >= 0.6 is 11.6 Å². The van der Waals surface area contributed by atoms with Crippen molar-refractivity contribution < 1.29 is 24.2 Å². The second-order valence-corrected chi connectivity index (χ2v) is 8.70. The first-order valence-electron chi connectivity index (χ1n) is 11.2. The summed E-state index contributed by atoms with van der Waals surface area (Å²) in [5.41, 5.74) is 3.53. The second-order valence-electron chi connectivity index (χ2n) is 8.29. The van der Waals surface area contributed by atoms with Gasteiger partial charge in [0.05, 0.1) is 30.4 Å². The summed E-state index contributed by atoms with van der Waals surface area (Å²) >= 11 is 6.21. The minimum atomic E-state index is -0.863. The lowest BCUT2D eigenvalue weighted by Crippen LogP contribution is -2.29. The Morgan fingerprint density at radius 2 is 1.80 bits per heavy atom. The van der Waals surface area contributed by atoms with Crippen LogP contribution in [0.3, 0.4) is 0 Å². The Hall–Kier alpha value is -3.77. The first-order chi connectivity index (χ1) is 16.8. The maximum atomic E-state index is 13.4. The van der Waals surface area contributed by atoms with E-state index in [4.69, 9.17) is 21.1 Å². The molecule has 180 valence electrons. The first kappa shape index (κ1) is 24.4. The molecule has 7 heteroatoms. The number of aliphatic hydroxyl groups excluding tert-OH is 1. The van der Waals surface area contributed by atoms with E-state index in [0.717, 1.165) is 11.1 Å². The quantitative estimate of drug-likeness (QED) is 0.260. The molecule has 1 fully saturated rings. The number of carbonyl (C=O) groups excluding carboxylic acids is 2. The summed E-state index contributed by atoms with van der Waals surface area (Å²) in [6.07, 6.45) is 0. The molecule has 1 unspecified atom stereocenters. The molecule has 1 saturated heterocycles. The smallest absolute Gasteiger partial charge is 0.300 e. The molecule has 1 aliphatic heterocycles. The normalized spacial score (nSPS) is 17.1. The topological polar surface area (TPSA) is 76.1 Å². The molecular weight excluding hydrogens is 466 g/mol.